The Balaban J connectivity index is 2.87. The Labute approximate surface area is 93.2 Å². The third kappa shape index (κ3) is 3.29. The summed E-state index contributed by atoms with van der Waals surface area (Å²) in [6, 6.07) is 6.45. The summed E-state index contributed by atoms with van der Waals surface area (Å²) in [7, 11) is 0. The van der Waals surface area contributed by atoms with Gasteiger partial charge in [0.05, 0.1) is 5.56 Å². The SMILES string of the molecule is CC(C)C(=O)c1ccccc1OCC(F)F. The molecule has 0 aliphatic carbocycles. The number of hydrogen-bond donors (Lipinski definition) is 0. The third-order valence-corrected chi connectivity index (χ3v) is 2.04. The number of carbonyl (C=O) groups is 1. The quantitative estimate of drug-likeness (QED) is 0.723. The fraction of sp³-hybridized carbons (Fsp3) is 0.417. The van der Waals surface area contributed by atoms with Gasteiger partial charge in [0.2, 0.25) is 0 Å². The van der Waals surface area contributed by atoms with Gasteiger partial charge in [-0.05, 0) is 12.1 Å². The van der Waals surface area contributed by atoms with Gasteiger partial charge in [-0.3, -0.25) is 4.79 Å². The number of Topliss-reactive ketones (excluding diaryl/α,β-unsaturated/α-hetero) is 1. The molecule has 1 rings (SSSR count). The van der Waals surface area contributed by atoms with E-state index in [0.29, 0.717) is 5.56 Å². The van der Waals surface area contributed by atoms with Crippen LogP contribution in [0.2, 0.25) is 0 Å². The summed E-state index contributed by atoms with van der Waals surface area (Å²) in [5.74, 6) is -0.0670. The number of ketones is 1. The van der Waals surface area contributed by atoms with E-state index in [1.165, 1.54) is 6.07 Å². The van der Waals surface area contributed by atoms with Crippen molar-refractivity contribution >= 4 is 5.78 Å². The van der Waals surface area contributed by atoms with E-state index in [-0.39, 0.29) is 17.5 Å². The number of rotatable bonds is 5. The van der Waals surface area contributed by atoms with Crippen molar-refractivity contribution in [3.8, 4) is 5.75 Å². The molecule has 0 aliphatic heterocycles. The molecule has 0 aliphatic rings. The first-order valence-electron chi connectivity index (χ1n) is 5.06. The molecule has 0 N–H and O–H groups in total. The van der Waals surface area contributed by atoms with Crippen molar-refractivity contribution in [2.45, 2.75) is 20.3 Å². The van der Waals surface area contributed by atoms with Gasteiger partial charge in [-0.2, -0.15) is 0 Å². The standard InChI is InChI=1S/C12H14F2O2/c1-8(2)12(15)9-5-3-4-6-10(9)16-7-11(13)14/h3-6,8,11H,7H2,1-2H3. The van der Waals surface area contributed by atoms with Crippen LogP contribution in [0.4, 0.5) is 8.78 Å². The Morgan fingerprint density at radius 3 is 2.50 bits per heavy atom. The molecular formula is C12H14F2O2. The van der Waals surface area contributed by atoms with E-state index in [9.17, 15) is 13.6 Å². The van der Waals surface area contributed by atoms with Crippen molar-refractivity contribution in [2.24, 2.45) is 5.92 Å². The predicted molar refractivity (Wildman–Crippen MR) is 57.1 cm³/mol. The second-order valence-electron chi connectivity index (χ2n) is 3.72. The highest BCUT2D eigenvalue weighted by atomic mass is 19.3. The van der Waals surface area contributed by atoms with Crippen LogP contribution in [0.3, 0.4) is 0 Å². The highest BCUT2D eigenvalue weighted by molar-refractivity contribution is 5.99. The van der Waals surface area contributed by atoms with E-state index in [0.717, 1.165) is 0 Å². The van der Waals surface area contributed by atoms with Crippen molar-refractivity contribution in [3.63, 3.8) is 0 Å². The number of hydrogen-bond acceptors (Lipinski definition) is 2. The Bertz CT molecular complexity index is 362. The van der Waals surface area contributed by atoms with Crippen LogP contribution in [0, 0.1) is 5.92 Å². The number of alkyl halides is 2. The monoisotopic (exact) mass is 228 g/mol. The lowest BCUT2D eigenvalue weighted by molar-refractivity contribution is 0.0793. The van der Waals surface area contributed by atoms with Crippen LogP contribution in [-0.4, -0.2) is 18.8 Å². The number of halogens is 2. The van der Waals surface area contributed by atoms with Gasteiger partial charge in [0.1, 0.15) is 12.4 Å². The van der Waals surface area contributed by atoms with Crippen LogP contribution in [0.25, 0.3) is 0 Å². The third-order valence-electron chi connectivity index (χ3n) is 2.04. The molecule has 4 heteroatoms. The molecule has 0 radical (unpaired) electrons. The zero-order chi connectivity index (χ0) is 12.1. The second kappa shape index (κ2) is 5.58. The fourth-order valence-electron chi connectivity index (χ4n) is 1.26. The average molecular weight is 228 g/mol. The second-order valence-corrected chi connectivity index (χ2v) is 3.72. The van der Waals surface area contributed by atoms with E-state index in [1.807, 2.05) is 0 Å². The fourth-order valence-corrected chi connectivity index (χ4v) is 1.26. The van der Waals surface area contributed by atoms with Crippen molar-refractivity contribution < 1.29 is 18.3 Å². The normalized spacial score (nSPS) is 10.9. The Kier molecular flexibility index (Phi) is 4.40. The lowest BCUT2D eigenvalue weighted by atomic mass is 10.0. The molecule has 1 aromatic rings. The van der Waals surface area contributed by atoms with Gasteiger partial charge in [-0.15, -0.1) is 0 Å². The van der Waals surface area contributed by atoms with E-state index in [4.69, 9.17) is 4.74 Å². The molecule has 0 heterocycles. The van der Waals surface area contributed by atoms with Crippen LogP contribution in [0.1, 0.15) is 24.2 Å². The van der Waals surface area contributed by atoms with E-state index >= 15 is 0 Å². The number of ether oxygens (including phenoxy) is 1. The highest BCUT2D eigenvalue weighted by Gasteiger charge is 2.16. The maximum Gasteiger partial charge on any atom is 0.272 e. The van der Waals surface area contributed by atoms with Crippen molar-refractivity contribution in [2.75, 3.05) is 6.61 Å². The number of benzene rings is 1. The van der Waals surface area contributed by atoms with Gasteiger partial charge < -0.3 is 4.74 Å². The molecule has 0 fully saturated rings. The van der Waals surface area contributed by atoms with Crippen LogP contribution >= 0.6 is 0 Å². The number of para-hydroxylation sites is 1. The van der Waals surface area contributed by atoms with Crippen molar-refractivity contribution in [3.05, 3.63) is 29.8 Å². The summed E-state index contributed by atoms with van der Waals surface area (Å²) in [5, 5.41) is 0. The molecule has 16 heavy (non-hydrogen) atoms. The average Bonchev–Trinajstić information content (AvgIpc) is 2.25. The Morgan fingerprint density at radius 2 is 1.94 bits per heavy atom. The minimum atomic E-state index is -2.54. The summed E-state index contributed by atoms with van der Waals surface area (Å²) in [5.41, 5.74) is 0.359. The highest BCUT2D eigenvalue weighted by Crippen LogP contribution is 2.21. The van der Waals surface area contributed by atoms with Crippen LogP contribution in [-0.2, 0) is 0 Å². The maximum absolute atomic E-state index is 12.0. The first-order valence-corrected chi connectivity index (χ1v) is 5.06. The van der Waals surface area contributed by atoms with E-state index in [1.54, 1.807) is 32.0 Å². The van der Waals surface area contributed by atoms with E-state index in [2.05, 4.69) is 0 Å². The Hall–Kier alpha value is -1.45. The van der Waals surface area contributed by atoms with Crippen LogP contribution in [0.5, 0.6) is 5.75 Å². The molecular weight excluding hydrogens is 214 g/mol. The molecule has 0 amide bonds. The Morgan fingerprint density at radius 1 is 1.31 bits per heavy atom. The zero-order valence-electron chi connectivity index (χ0n) is 9.24. The molecule has 0 spiro atoms. The molecule has 0 bridgehead atoms. The maximum atomic E-state index is 12.0. The van der Waals surface area contributed by atoms with Crippen molar-refractivity contribution in [1.82, 2.24) is 0 Å². The molecule has 0 unspecified atom stereocenters. The summed E-state index contributed by atoms with van der Waals surface area (Å²) < 4.78 is 28.9. The molecule has 88 valence electrons. The molecule has 1 aromatic carbocycles. The minimum absolute atomic E-state index is 0.107. The van der Waals surface area contributed by atoms with Gasteiger partial charge >= 0.3 is 0 Å². The van der Waals surface area contributed by atoms with Crippen molar-refractivity contribution in [1.29, 1.82) is 0 Å². The van der Waals surface area contributed by atoms with Gasteiger partial charge in [-0.25, -0.2) is 8.78 Å². The smallest absolute Gasteiger partial charge is 0.272 e. The largest absolute Gasteiger partial charge is 0.487 e. The molecule has 2 nitrogen and oxygen atoms in total. The van der Waals surface area contributed by atoms with E-state index < -0.39 is 13.0 Å². The summed E-state index contributed by atoms with van der Waals surface area (Å²) >= 11 is 0. The van der Waals surface area contributed by atoms with Crippen LogP contribution < -0.4 is 4.74 Å². The molecule has 0 saturated heterocycles. The lowest BCUT2D eigenvalue weighted by Crippen LogP contribution is -2.13. The summed E-state index contributed by atoms with van der Waals surface area (Å²) in [6.07, 6.45) is -2.54. The first kappa shape index (κ1) is 12.6. The van der Waals surface area contributed by atoms with Gasteiger partial charge in [0, 0.05) is 5.92 Å². The summed E-state index contributed by atoms with van der Waals surface area (Å²) in [4.78, 5) is 11.7. The van der Waals surface area contributed by atoms with Crippen LogP contribution in [0.15, 0.2) is 24.3 Å². The predicted octanol–water partition coefficient (Wildman–Crippen LogP) is 3.17. The molecule has 0 aromatic heterocycles. The molecule has 0 saturated carbocycles. The minimum Gasteiger partial charge on any atom is -0.487 e. The molecule has 0 atom stereocenters. The lowest BCUT2D eigenvalue weighted by Gasteiger charge is -2.11. The number of carbonyl (C=O) groups excluding carboxylic acids is 1. The first-order chi connectivity index (χ1) is 7.52. The zero-order valence-corrected chi connectivity index (χ0v) is 9.24. The topological polar surface area (TPSA) is 26.3 Å². The van der Waals surface area contributed by atoms with Gasteiger partial charge in [-0.1, -0.05) is 26.0 Å². The summed E-state index contributed by atoms with van der Waals surface area (Å²) in [6.45, 7) is 2.82. The van der Waals surface area contributed by atoms with Gasteiger partial charge in [0.15, 0.2) is 5.78 Å². The van der Waals surface area contributed by atoms with Gasteiger partial charge in [0.25, 0.3) is 6.43 Å².